The molecule has 204 valence electrons. The molecule has 2 aliphatic carbocycles. The highest BCUT2D eigenvalue weighted by Gasteiger charge is 2.25. The van der Waals surface area contributed by atoms with E-state index < -0.39 is 0 Å². The fourth-order valence-electron chi connectivity index (χ4n) is 6.54. The van der Waals surface area contributed by atoms with Gasteiger partial charge in [-0.1, -0.05) is 52.4 Å². The van der Waals surface area contributed by atoms with Crippen LogP contribution in [0.25, 0.3) is 22.3 Å². The quantitative estimate of drug-likeness (QED) is 0.260. The van der Waals surface area contributed by atoms with Crippen molar-refractivity contribution in [2.24, 2.45) is 0 Å². The van der Waals surface area contributed by atoms with Gasteiger partial charge in [0.1, 0.15) is 11.5 Å². The summed E-state index contributed by atoms with van der Waals surface area (Å²) in [6.07, 6.45) is 11.4. The normalized spacial score (nSPS) is 16.6. The second-order valence-electron chi connectivity index (χ2n) is 11.0. The Bertz CT molecular complexity index is 1260. The van der Waals surface area contributed by atoms with Crippen LogP contribution in [0.3, 0.4) is 0 Å². The predicted molar refractivity (Wildman–Crippen MR) is 156 cm³/mol. The van der Waals surface area contributed by atoms with Crippen molar-refractivity contribution in [3.05, 3.63) is 58.7 Å². The zero-order valence-corrected chi connectivity index (χ0v) is 23.5. The summed E-state index contributed by atoms with van der Waals surface area (Å²) in [6.45, 7) is 7.91. The van der Waals surface area contributed by atoms with E-state index in [2.05, 4.69) is 6.07 Å². The monoisotopic (exact) mass is 516 g/mol. The van der Waals surface area contributed by atoms with Gasteiger partial charge < -0.3 is 20.4 Å². The molecule has 0 unspecified atom stereocenters. The first-order valence-electron chi connectivity index (χ1n) is 14.6. The molecule has 0 bridgehead atoms. The lowest BCUT2D eigenvalue weighted by Crippen LogP contribution is -2.06. The van der Waals surface area contributed by atoms with E-state index in [1.165, 1.54) is 25.7 Å². The molecule has 0 spiro atoms. The van der Waals surface area contributed by atoms with Gasteiger partial charge in [-0.05, 0) is 127 Å². The van der Waals surface area contributed by atoms with Crippen LogP contribution in [0, 0.1) is 13.8 Å². The van der Waals surface area contributed by atoms with Crippen molar-refractivity contribution in [2.45, 2.75) is 104 Å². The fraction of sp³-hybridized carbons (Fsp3) is 0.471. The molecule has 3 aromatic carbocycles. The van der Waals surface area contributed by atoms with Gasteiger partial charge in [-0.25, -0.2) is 0 Å². The van der Waals surface area contributed by atoms with Crippen LogP contribution in [-0.2, 0) is 0 Å². The summed E-state index contributed by atoms with van der Waals surface area (Å²) >= 11 is 0. The molecule has 4 nitrogen and oxygen atoms in total. The molecule has 0 heterocycles. The first-order valence-corrected chi connectivity index (χ1v) is 14.6. The number of benzene rings is 3. The van der Waals surface area contributed by atoms with E-state index in [4.69, 9.17) is 0 Å². The molecule has 38 heavy (non-hydrogen) atoms. The first kappa shape index (κ1) is 27.9. The molecule has 4 heteroatoms. The van der Waals surface area contributed by atoms with E-state index in [1.807, 2.05) is 45.9 Å². The van der Waals surface area contributed by atoms with Crippen molar-refractivity contribution in [3.8, 4) is 45.3 Å². The number of hydrogen-bond donors (Lipinski definition) is 4. The van der Waals surface area contributed by atoms with Crippen LogP contribution in [-0.4, -0.2) is 20.4 Å². The minimum Gasteiger partial charge on any atom is -0.508 e. The Kier molecular flexibility index (Phi) is 8.91. The summed E-state index contributed by atoms with van der Waals surface area (Å²) in [6, 6.07) is 11.2. The minimum absolute atomic E-state index is 0.150. The maximum absolute atomic E-state index is 11.2. The standard InChI is InChI=1S/C32H38O4.C2H6/c1-19-15-29(34)26(21-9-5-3-6-10-21)17-24(19)23-13-14-28(33)32(36)31(23)25-18-27(30(35)16-20(25)2)22-11-7-4-8-12-22;1-2/h13-18,21-22,33-36H,3-12H2,1-2H3;1-2H3. The fourth-order valence-corrected chi connectivity index (χ4v) is 6.54. The molecule has 3 aromatic rings. The molecule has 2 aliphatic rings. The largest absolute Gasteiger partial charge is 0.508 e. The van der Waals surface area contributed by atoms with E-state index >= 15 is 0 Å². The lowest BCUT2D eigenvalue weighted by Gasteiger charge is -2.26. The Balaban J connectivity index is 0.00000164. The summed E-state index contributed by atoms with van der Waals surface area (Å²) in [5.41, 5.74) is 6.83. The highest BCUT2D eigenvalue weighted by molar-refractivity contribution is 5.92. The topological polar surface area (TPSA) is 80.9 Å². The average Bonchev–Trinajstić information content (AvgIpc) is 2.93. The van der Waals surface area contributed by atoms with Crippen LogP contribution in [0.15, 0.2) is 36.4 Å². The zero-order valence-electron chi connectivity index (χ0n) is 23.5. The second-order valence-corrected chi connectivity index (χ2v) is 11.0. The van der Waals surface area contributed by atoms with Crippen molar-refractivity contribution in [2.75, 3.05) is 0 Å². The Morgan fingerprint density at radius 2 is 0.974 bits per heavy atom. The molecule has 0 aliphatic heterocycles. The van der Waals surface area contributed by atoms with E-state index in [1.54, 1.807) is 12.1 Å². The summed E-state index contributed by atoms with van der Waals surface area (Å²) in [7, 11) is 0. The summed E-state index contributed by atoms with van der Waals surface area (Å²) in [5.74, 6) is 0.972. The van der Waals surface area contributed by atoms with Crippen LogP contribution in [0.2, 0.25) is 0 Å². The number of phenols is 4. The van der Waals surface area contributed by atoms with Gasteiger partial charge in [0.15, 0.2) is 11.5 Å². The molecular formula is C34H44O4. The molecular weight excluding hydrogens is 472 g/mol. The summed E-state index contributed by atoms with van der Waals surface area (Å²) in [5, 5.41) is 43.4. The lowest BCUT2D eigenvalue weighted by atomic mass is 9.80. The van der Waals surface area contributed by atoms with Crippen molar-refractivity contribution in [3.63, 3.8) is 0 Å². The van der Waals surface area contributed by atoms with Gasteiger partial charge in [0.05, 0.1) is 0 Å². The number of rotatable bonds is 4. The van der Waals surface area contributed by atoms with Gasteiger partial charge in [0.25, 0.3) is 0 Å². The van der Waals surface area contributed by atoms with Gasteiger partial charge in [-0.3, -0.25) is 0 Å². The van der Waals surface area contributed by atoms with Crippen molar-refractivity contribution < 1.29 is 20.4 Å². The number of aromatic hydroxyl groups is 4. The molecule has 4 N–H and O–H groups in total. The van der Waals surface area contributed by atoms with Crippen LogP contribution in [0.1, 0.15) is 112 Å². The highest BCUT2D eigenvalue weighted by atomic mass is 16.3. The molecule has 0 atom stereocenters. The van der Waals surface area contributed by atoms with Crippen molar-refractivity contribution >= 4 is 0 Å². The van der Waals surface area contributed by atoms with E-state index in [0.29, 0.717) is 28.9 Å². The third-order valence-corrected chi connectivity index (χ3v) is 8.55. The van der Waals surface area contributed by atoms with Crippen LogP contribution < -0.4 is 0 Å². The number of phenolic OH excluding ortho intramolecular Hbond substituents is 4. The third kappa shape index (κ3) is 5.50. The number of aryl methyl sites for hydroxylation is 2. The average molecular weight is 517 g/mol. The maximum atomic E-state index is 11.2. The van der Waals surface area contributed by atoms with Crippen LogP contribution >= 0.6 is 0 Å². The summed E-state index contributed by atoms with van der Waals surface area (Å²) < 4.78 is 0. The molecule has 2 saturated carbocycles. The van der Waals surface area contributed by atoms with Crippen molar-refractivity contribution in [1.82, 2.24) is 0 Å². The van der Waals surface area contributed by atoms with Gasteiger partial charge in [-0.2, -0.15) is 0 Å². The van der Waals surface area contributed by atoms with Gasteiger partial charge in [-0.15, -0.1) is 0 Å². The van der Waals surface area contributed by atoms with E-state index in [9.17, 15) is 20.4 Å². The Morgan fingerprint density at radius 3 is 1.47 bits per heavy atom. The van der Waals surface area contributed by atoms with Crippen LogP contribution in [0.5, 0.6) is 23.0 Å². The molecule has 0 radical (unpaired) electrons. The Labute approximate surface area is 228 Å². The summed E-state index contributed by atoms with van der Waals surface area (Å²) in [4.78, 5) is 0. The smallest absolute Gasteiger partial charge is 0.166 e. The predicted octanol–water partition coefficient (Wildman–Crippen LogP) is 9.58. The van der Waals surface area contributed by atoms with Crippen molar-refractivity contribution in [1.29, 1.82) is 0 Å². The van der Waals surface area contributed by atoms with Gasteiger partial charge >= 0.3 is 0 Å². The molecule has 0 aromatic heterocycles. The minimum atomic E-state index is -0.163. The van der Waals surface area contributed by atoms with E-state index in [0.717, 1.165) is 77.5 Å². The number of hydrogen-bond acceptors (Lipinski definition) is 4. The maximum Gasteiger partial charge on any atom is 0.166 e. The highest BCUT2D eigenvalue weighted by Crippen LogP contribution is 2.49. The lowest BCUT2D eigenvalue weighted by molar-refractivity contribution is 0.405. The van der Waals surface area contributed by atoms with Gasteiger partial charge in [0.2, 0.25) is 0 Å². The Hall–Kier alpha value is -3.14. The third-order valence-electron chi connectivity index (χ3n) is 8.55. The van der Waals surface area contributed by atoms with Gasteiger partial charge in [0, 0.05) is 5.56 Å². The first-order chi connectivity index (χ1) is 18.3. The van der Waals surface area contributed by atoms with Crippen LogP contribution in [0.4, 0.5) is 0 Å². The molecule has 2 fully saturated rings. The second kappa shape index (κ2) is 12.1. The molecule has 0 amide bonds. The zero-order chi connectivity index (χ0) is 27.4. The molecule has 0 saturated heterocycles. The molecule has 5 rings (SSSR count). The SMILES string of the molecule is CC.Cc1cc(O)c(C2CCCCC2)cc1-c1ccc(O)c(O)c1-c1cc(C2CCCCC2)c(O)cc1C. The Morgan fingerprint density at radius 1 is 0.526 bits per heavy atom. The van der Waals surface area contributed by atoms with E-state index in [-0.39, 0.29) is 11.5 Å².